The Balaban J connectivity index is 2.98. The first-order valence-electron chi connectivity index (χ1n) is 6.13. The van der Waals surface area contributed by atoms with Gasteiger partial charge in [0.15, 0.2) is 0 Å². The molecule has 1 rings (SSSR count). The number of carbonyl (C=O) groups excluding carboxylic acids is 1. The number of likely N-dealkylation sites (N-methyl/N-ethyl adjacent to an activating group) is 1. The van der Waals surface area contributed by atoms with Crippen LogP contribution in [-0.2, 0) is 11.2 Å². The number of H-pyrrole nitrogens is 1. The summed E-state index contributed by atoms with van der Waals surface area (Å²) in [6.07, 6.45) is 0.154. The summed E-state index contributed by atoms with van der Waals surface area (Å²) >= 11 is 0. The summed E-state index contributed by atoms with van der Waals surface area (Å²) < 4.78 is 0. The van der Waals surface area contributed by atoms with Gasteiger partial charge in [-0.2, -0.15) is 4.98 Å². The number of carbonyl (C=O) groups is 1. The van der Waals surface area contributed by atoms with E-state index in [9.17, 15) is 14.7 Å². The highest BCUT2D eigenvalue weighted by Gasteiger charge is 2.27. The largest absolute Gasteiger partial charge is 0.394 e. The predicted octanol–water partition coefficient (Wildman–Crippen LogP) is 0.159. The molecular formula is C13H21N3O3. The Kier molecular flexibility index (Phi) is 4.47. The first kappa shape index (κ1) is 15.4. The minimum absolute atomic E-state index is 0.114. The van der Waals surface area contributed by atoms with Gasteiger partial charge in [0.1, 0.15) is 0 Å². The zero-order valence-corrected chi connectivity index (χ0v) is 12.1. The molecule has 1 aromatic rings. The van der Waals surface area contributed by atoms with E-state index in [1.54, 1.807) is 34.7 Å². The minimum atomic E-state index is -0.617. The van der Waals surface area contributed by atoms with Gasteiger partial charge in [-0.3, -0.25) is 4.79 Å². The summed E-state index contributed by atoms with van der Waals surface area (Å²) in [5, 5.41) is 9.27. The number of nitrogens with zero attached hydrogens (tertiary/aromatic N) is 2. The van der Waals surface area contributed by atoms with E-state index in [1.165, 1.54) is 4.90 Å². The number of aliphatic hydroxyl groups is 1. The van der Waals surface area contributed by atoms with Crippen molar-refractivity contribution in [2.45, 2.75) is 39.7 Å². The molecule has 1 aromatic heterocycles. The second-order valence-corrected chi connectivity index (χ2v) is 5.33. The quantitative estimate of drug-likeness (QED) is 0.813. The summed E-state index contributed by atoms with van der Waals surface area (Å²) in [6.45, 7) is 6.92. The summed E-state index contributed by atoms with van der Waals surface area (Å²) in [5.41, 5.74) is 0.917. The lowest BCUT2D eigenvalue weighted by atomic mass is 10.0. The average Bonchev–Trinajstić information content (AvgIpc) is 2.32. The zero-order valence-electron chi connectivity index (χ0n) is 12.1. The Morgan fingerprint density at radius 3 is 2.47 bits per heavy atom. The van der Waals surface area contributed by atoms with Crippen LogP contribution >= 0.6 is 0 Å². The molecule has 0 aliphatic heterocycles. The van der Waals surface area contributed by atoms with Crippen molar-refractivity contribution >= 4 is 5.91 Å². The number of aromatic amines is 1. The Morgan fingerprint density at radius 2 is 2.00 bits per heavy atom. The third kappa shape index (κ3) is 3.41. The Labute approximate surface area is 112 Å². The third-order valence-corrected chi connectivity index (χ3v) is 3.45. The van der Waals surface area contributed by atoms with E-state index in [-0.39, 0.29) is 18.9 Å². The Morgan fingerprint density at radius 1 is 1.42 bits per heavy atom. The highest BCUT2D eigenvalue weighted by atomic mass is 16.3. The van der Waals surface area contributed by atoms with Crippen LogP contribution in [0.25, 0.3) is 0 Å². The molecule has 0 fully saturated rings. The average molecular weight is 267 g/mol. The van der Waals surface area contributed by atoms with Gasteiger partial charge in [-0.15, -0.1) is 0 Å². The van der Waals surface area contributed by atoms with E-state index in [0.29, 0.717) is 11.4 Å². The number of hydrogen-bond acceptors (Lipinski definition) is 4. The first-order valence-corrected chi connectivity index (χ1v) is 6.13. The molecule has 0 spiro atoms. The van der Waals surface area contributed by atoms with Crippen LogP contribution in [0.5, 0.6) is 0 Å². The first-order chi connectivity index (χ1) is 8.69. The molecule has 0 aliphatic rings. The Bertz CT molecular complexity index is 508. The van der Waals surface area contributed by atoms with E-state index in [1.807, 2.05) is 0 Å². The smallest absolute Gasteiger partial charge is 0.345 e. The van der Waals surface area contributed by atoms with Crippen molar-refractivity contribution in [1.29, 1.82) is 0 Å². The molecular weight excluding hydrogens is 246 g/mol. The molecule has 1 amide bonds. The van der Waals surface area contributed by atoms with Crippen molar-refractivity contribution < 1.29 is 9.90 Å². The van der Waals surface area contributed by atoms with Crippen molar-refractivity contribution in [3.8, 4) is 0 Å². The molecule has 0 saturated carbocycles. The summed E-state index contributed by atoms with van der Waals surface area (Å²) in [4.78, 5) is 31.3. The monoisotopic (exact) mass is 267 g/mol. The molecule has 0 saturated heterocycles. The molecule has 19 heavy (non-hydrogen) atoms. The van der Waals surface area contributed by atoms with Crippen LogP contribution in [0.1, 0.15) is 30.8 Å². The van der Waals surface area contributed by atoms with Crippen molar-refractivity contribution in [3.63, 3.8) is 0 Å². The number of hydrogen-bond donors (Lipinski definition) is 2. The van der Waals surface area contributed by atoms with E-state index < -0.39 is 11.2 Å². The van der Waals surface area contributed by atoms with Crippen molar-refractivity contribution in [2.75, 3.05) is 13.7 Å². The Hall–Kier alpha value is -1.69. The van der Waals surface area contributed by atoms with E-state index in [4.69, 9.17) is 0 Å². The summed E-state index contributed by atoms with van der Waals surface area (Å²) in [6, 6.07) is 0. The van der Waals surface area contributed by atoms with Crippen molar-refractivity contribution in [3.05, 3.63) is 27.4 Å². The van der Waals surface area contributed by atoms with Crippen LogP contribution in [0.4, 0.5) is 0 Å². The van der Waals surface area contributed by atoms with Gasteiger partial charge >= 0.3 is 5.69 Å². The number of aryl methyl sites for hydroxylation is 2. The standard InChI is InChI=1S/C13H21N3O3/c1-8-10(9(2)15-12(19)14-8)6-11(18)16(5)13(3,4)7-17/h17H,6-7H2,1-5H3,(H,14,15,19). The molecule has 0 aliphatic carbocycles. The van der Waals surface area contributed by atoms with Crippen molar-refractivity contribution in [2.24, 2.45) is 0 Å². The van der Waals surface area contributed by atoms with Gasteiger partial charge in [0.25, 0.3) is 0 Å². The summed E-state index contributed by atoms with van der Waals surface area (Å²) in [7, 11) is 1.66. The zero-order chi connectivity index (χ0) is 14.8. The molecule has 0 aromatic carbocycles. The molecule has 0 unspecified atom stereocenters. The second kappa shape index (κ2) is 5.52. The van der Waals surface area contributed by atoms with Gasteiger partial charge < -0.3 is 15.0 Å². The normalized spacial score (nSPS) is 11.5. The second-order valence-electron chi connectivity index (χ2n) is 5.33. The van der Waals surface area contributed by atoms with Gasteiger partial charge in [-0.1, -0.05) is 0 Å². The number of nitrogens with one attached hydrogen (secondary N) is 1. The molecule has 1 heterocycles. The molecule has 6 heteroatoms. The van der Waals surface area contributed by atoms with Gasteiger partial charge in [0.05, 0.1) is 18.6 Å². The van der Waals surface area contributed by atoms with E-state index in [0.717, 1.165) is 5.56 Å². The lowest BCUT2D eigenvalue weighted by molar-refractivity contribution is -0.135. The number of aromatic nitrogens is 2. The fourth-order valence-corrected chi connectivity index (χ4v) is 1.73. The van der Waals surface area contributed by atoms with Crippen LogP contribution in [0.2, 0.25) is 0 Å². The highest BCUT2D eigenvalue weighted by molar-refractivity contribution is 5.79. The highest BCUT2D eigenvalue weighted by Crippen LogP contribution is 2.15. The molecule has 2 N–H and O–H groups in total. The van der Waals surface area contributed by atoms with Crippen molar-refractivity contribution in [1.82, 2.24) is 14.9 Å². The fourth-order valence-electron chi connectivity index (χ4n) is 1.73. The van der Waals surface area contributed by atoms with Gasteiger partial charge in [0, 0.05) is 24.0 Å². The maximum Gasteiger partial charge on any atom is 0.345 e. The maximum absolute atomic E-state index is 12.2. The van der Waals surface area contributed by atoms with E-state index >= 15 is 0 Å². The van der Waals surface area contributed by atoms with Crippen LogP contribution in [0, 0.1) is 13.8 Å². The number of aliphatic hydroxyl groups excluding tert-OH is 1. The topological polar surface area (TPSA) is 86.3 Å². The summed E-state index contributed by atoms with van der Waals surface area (Å²) in [5.74, 6) is -0.126. The van der Waals surface area contributed by atoms with Crippen LogP contribution < -0.4 is 5.69 Å². The van der Waals surface area contributed by atoms with Crippen LogP contribution in [-0.4, -0.2) is 45.1 Å². The van der Waals surface area contributed by atoms with Crippen LogP contribution in [0.15, 0.2) is 4.79 Å². The van der Waals surface area contributed by atoms with Gasteiger partial charge in [-0.25, -0.2) is 4.79 Å². The maximum atomic E-state index is 12.2. The SMILES string of the molecule is Cc1nc(=O)[nH]c(C)c1CC(=O)N(C)C(C)(C)CO. The van der Waals surface area contributed by atoms with Gasteiger partial charge in [0.2, 0.25) is 5.91 Å². The fraction of sp³-hybridized carbons (Fsp3) is 0.615. The molecule has 0 bridgehead atoms. The van der Waals surface area contributed by atoms with Crippen LogP contribution in [0.3, 0.4) is 0 Å². The molecule has 6 nitrogen and oxygen atoms in total. The van der Waals surface area contributed by atoms with E-state index in [2.05, 4.69) is 9.97 Å². The molecule has 106 valence electrons. The lowest BCUT2D eigenvalue weighted by Crippen LogP contribution is -2.48. The molecule has 0 atom stereocenters. The third-order valence-electron chi connectivity index (χ3n) is 3.45. The lowest BCUT2D eigenvalue weighted by Gasteiger charge is -2.34. The van der Waals surface area contributed by atoms with Gasteiger partial charge in [-0.05, 0) is 27.7 Å². The number of amides is 1. The minimum Gasteiger partial charge on any atom is -0.394 e. The number of rotatable bonds is 4. The predicted molar refractivity (Wildman–Crippen MR) is 72.0 cm³/mol. The molecule has 0 radical (unpaired) electrons.